The van der Waals surface area contributed by atoms with E-state index in [0.717, 1.165) is 31.6 Å². The van der Waals surface area contributed by atoms with Crippen LogP contribution in [0.25, 0.3) is 0 Å². The summed E-state index contributed by atoms with van der Waals surface area (Å²) in [6.07, 6.45) is 4.59. The highest BCUT2D eigenvalue weighted by atomic mass is 35.5. The first-order valence-electron chi connectivity index (χ1n) is 5.67. The van der Waals surface area contributed by atoms with Gasteiger partial charge in [-0.2, -0.15) is 0 Å². The quantitative estimate of drug-likeness (QED) is 0.893. The van der Waals surface area contributed by atoms with Crippen LogP contribution >= 0.6 is 11.6 Å². The van der Waals surface area contributed by atoms with Gasteiger partial charge in [-0.05, 0) is 30.5 Å². The average Bonchev–Trinajstić information content (AvgIpc) is 2.68. The monoisotopic (exact) mass is 254 g/mol. The molecule has 1 fully saturated rings. The number of carbonyl (C=O) groups is 1. The number of hydrogen-bond donors (Lipinski definition) is 1. The van der Waals surface area contributed by atoms with Gasteiger partial charge in [-0.15, -0.1) is 0 Å². The molecule has 0 aromatic carbocycles. The minimum Gasteiger partial charge on any atom is -0.481 e. The van der Waals surface area contributed by atoms with E-state index in [1.807, 2.05) is 6.07 Å². The number of halogens is 1. The third-order valence-electron chi connectivity index (χ3n) is 3.08. The second-order valence-electron chi connectivity index (χ2n) is 4.45. The molecule has 1 aromatic rings. The maximum Gasteiger partial charge on any atom is 0.303 e. The van der Waals surface area contributed by atoms with Gasteiger partial charge in [0.05, 0.1) is 5.02 Å². The van der Waals surface area contributed by atoms with E-state index in [4.69, 9.17) is 16.7 Å². The van der Waals surface area contributed by atoms with E-state index >= 15 is 0 Å². The number of aliphatic carboxylic acids is 1. The van der Waals surface area contributed by atoms with E-state index < -0.39 is 5.97 Å². The van der Waals surface area contributed by atoms with Gasteiger partial charge in [0, 0.05) is 31.9 Å². The van der Waals surface area contributed by atoms with E-state index in [0.29, 0.717) is 5.02 Å². The fraction of sp³-hybridized carbons (Fsp3) is 0.500. The summed E-state index contributed by atoms with van der Waals surface area (Å²) in [6, 6.07) is 1.91. The Morgan fingerprint density at radius 2 is 2.47 bits per heavy atom. The molecule has 1 aliphatic rings. The number of carboxylic acid groups (broad SMARTS) is 1. The van der Waals surface area contributed by atoms with Gasteiger partial charge in [-0.1, -0.05) is 11.6 Å². The van der Waals surface area contributed by atoms with Gasteiger partial charge < -0.3 is 5.11 Å². The van der Waals surface area contributed by atoms with Gasteiger partial charge in [-0.3, -0.25) is 14.7 Å². The van der Waals surface area contributed by atoms with Gasteiger partial charge in [0.15, 0.2) is 0 Å². The van der Waals surface area contributed by atoms with Crippen molar-refractivity contribution < 1.29 is 9.90 Å². The molecule has 1 unspecified atom stereocenters. The second-order valence-corrected chi connectivity index (χ2v) is 4.86. The van der Waals surface area contributed by atoms with Crippen molar-refractivity contribution in [1.29, 1.82) is 0 Å². The van der Waals surface area contributed by atoms with E-state index in [1.54, 1.807) is 12.4 Å². The molecule has 1 aromatic heterocycles. The molecule has 1 N–H and O–H groups in total. The predicted octanol–water partition coefficient (Wildman–Crippen LogP) is 2.03. The second kappa shape index (κ2) is 5.47. The van der Waals surface area contributed by atoms with Crippen molar-refractivity contribution in [3.8, 4) is 0 Å². The zero-order valence-corrected chi connectivity index (χ0v) is 10.2. The van der Waals surface area contributed by atoms with E-state index in [-0.39, 0.29) is 12.3 Å². The van der Waals surface area contributed by atoms with Gasteiger partial charge in [-0.25, -0.2) is 0 Å². The molecule has 0 bridgehead atoms. The van der Waals surface area contributed by atoms with Gasteiger partial charge in [0.1, 0.15) is 0 Å². The molecule has 1 atom stereocenters. The van der Waals surface area contributed by atoms with Crippen molar-refractivity contribution in [2.75, 3.05) is 13.1 Å². The number of carboxylic acids is 1. The Hall–Kier alpha value is -1.13. The number of hydrogen-bond acceptors (Lipinski definition) is 3. The summed E-state index contributed by atoms with van der Waals surface area (Å²) in [6.45, 7) is 2.55. The van der Waals surface area contributed by atoms with Crippen molar-refractivity contribution in [2.45, 2.75) is 19.4 Å². The molecule has 1 aliphatic heterocycles. The summed E-state index contributed by atoms with van der Waals surface area (Å²) < 4.78 is 0. The molecule has 0 radical (unpaired) electrons. The van der Waals surface area contributed by atoms with Crippen LogP contribution in [-0.4, -0.2) is 34.0 Å². The molecule has 17 heavy (non-hydrogen) atoms. The maximum absolute atomic E-state index is 10.6. The summed E-state index contributed by atoms with van der Waals surface area (Å²) in [5.74, 6) is -0.438. The Kier molecular flexibility index (Phi) is 3.97. The largest absolute Gasteiger partial charge is 0.481 e. The standard InChI is InChI=1S/C12H15ClN2O2/c13-11-6-14-3-1-10(11)8-15-4-2-9(7-15)5-12(16)17/h1,3,6,9H,2,4-5,7-8H2,(H,16,17). The van der Waals surface area contributed by atoms with Crippen molar-refractivity contribution in [1.82, 2.24) is 9.88 Å². The number of aromatic nitrogens is 1. The van der Waals surface area contributed by atoms with Gasteiger partial charge in [0.2, 0.25) is 0 Å². The minimum atomic E-state index is -0.709. The lowest BCUT2D eigenvalue weighted by Gasteiger charge is -2.16. The summed E-state index contributed by atoms with van der Waals surface area (Å²) in [5.41, 5.74) is 1.05. The zero-order chi connectivity index (χ0) is 12.3. The number of likely N-dealkylation sites (tertiary alicyclic amines) is 1. The van der Waals surface area contributed by atoms with Crippen LogP contribution in [0.3, 0.4) is 0 Å². The number of nitrogens with zero attached hydrogens (tertiary/aromatic N) is 2. The smallest absolute Gasteiger partial charge is 0.303 e. The van der Waals surface area contributed by atoms with Crippen LogP contribution in [0.2, 0.25) is 5.02 Å². The zero-order valence-electron chi connectivity index (χ0n) is 9.47. The third kappa shape index (κ3) is 3.41. The Morgan fingerprint density at radius 1 is 1.65 bits per heavy atom. The van der Waals surface area contributed by atoms with E-state index in [9.17, 15) is 4.79 Å². The molecule has 0 amide bonds. The first kappa shape index (κ1) is 12.3. The molecule has 0 spiro atoms. The highest BCUT2D eigenvalue weighted by Gasteiger charge is 2.24. The first-order valence-corrected chi connectivity index (χ1v) is 6.05. The van der Waals surface area contributed by atoms with Crippen LogP contribution in [0.5, 0.6) is 0 Å². The fourth-order valence-electron chi connectivity index (χ4n) is 2.24. The molecular weight excluding hydrogens is 240 g/mol. The normalized spacial score (nSPS) is 20.6. The first-order chi connectivity index (χ1) is 8.15. The molecule has 0 saturated carbocycles. The van der Waals surface area contributed by atoms with Crippen LogP contribution in [0.1, 0.15) is 18.4 Å². The van der Waals surface area contributed by atoms with Crippen molar-refractivity contribution in [3.05, 3.63) is 29.0 Å². The SMILES string of the molecule is O=C(O)CC1CCN(Cc2ccncc2Cl)C1. The topological polar surface area (TPSA) is 53.4 Å². The molecule has 4 nitrogen and oxygen atoms in total. The van der Waals surface area contributed by atoms with Crippen LogP contribution in [0.15, 0.2) is 18.5 Å². The summed E-state index contributed by atoms with van der Waals surface area (Å²) >= 11 is 6.04. The van der Waals surface area contributed by atoms with Crippen LogP contribution in [-0.2, 0) is 11.3 Å². The fourth-order valence-corrected chi connectivity index (χ4v) is 2.42. The van der Waals surface area contributed by atoms with E-state index in [2.05, 4.69) is 9.88 Å². The van der Waals surface area contributed by atoms with Crippen molar-refractivity contribution in [2.24, 2.45) is 5.92 Å². The van der Waals surface area contributed by atoms with Crippen LogP contribution in [0.4, 0.5) is 0 Å². The summed E-state index contributed by atoms with van der Waals surface area (Å²) in [4.78, 5) is 16.8. The lowest BCUT2D eigenvalue weighted by atomic mass is 10.1. The highest BCUT2D eigenvalue weighted by Crippen LogP contribution is 2.23. The van der Waals surface area contributed by atoms with Crippen molar-refractivity contribution in [3.63, 3.8) is 0 Å². The van der Waals surface area contributed by atoms with Crippen molar-refractivity contribution >= 4 is 17.6 Å². The predicted molar refractivity (Wildman–Crippen MR) is 64.9 cm³/mol. The third-order valence-corrected chi connectivity index (χ3v) is 3.42. The van der Waals surface area contributed by atoms with Gasteiger partial charge in [0.25, 0.3) is 0 Å². The van der Waals surface area contributed by atoms with Crippen LogP contribution < -0.4 is 0 Å². The Morgan fingerprint density at radius 3 is 3.18 bits per heavy atom. The lowest BCUT2D eigenvalue weighted by Crippen LogP contribution is -2.21. The Bertz CT molecular complexity index is 411. The summed E-state index contributed by atoms with van der Waals surface area (Å²) in [7, 11) is 0. The number of pyridine rings is 1. The maximum atomic E-state index is 10.6. The van der Waals surface area contributed by atoms with Gasteiger partial charge >= 0.3 is 5.97 Å². The molecule has 1 saturated heterocycles. The molecule has 92 valence electrons. The van der Waals surface area contributed by atoms with Crippen LogP contribution in [0, 0.1) is 5.92 Å². The average molecular weight is 255 g/mol. The summed E-state index contributed by atoms with van der Waals surface area (Å²) in [5, 5.41) is 9.42. The molecule has 5 heteroatoms. The lowest BCUT2D eigenvalue weighted by molar-refractivity contribution is -0.138. The molecular formula is C12H15ClN2O2. The minimum absolute atomic E-state index is 0.264. The Labute approximate surface area is 105 Å². The molecule has 0 aliphatic carbocycles. The Balaban J connectivity index is 1.90. The van der Waals surface area contributed by atoms with E-state index in [1.165, 1.54) is 0 Å². The molecule has 2 rings (SSSR count). The molecule has 2 heterocycles. The number of rotatable bonds is 4. The highest BCUT2D eigenvalue weighted by molar-refractivity contribution is 6.31.